The van der Waals surface area contributed by atoms with Crippen LogP contribution in [0.2, 0.25) is 0 Å². The molecule has 8 nitrogen and oxygen atoms in total. The molecule has 1 amide bonds. The second kappa shape index (κ2) is 5.90. The van der Waals surface area contributed by atoms with Crippen molar-refractivity contribution >= 4 is 19.7 Å². The molecule has 9 heteroatoms. The van der Waals surface area contributed by atoms with E-state index < -0.39 is 30.5 Å². The molecule has 19 heavy (non-hydrogen) atoms. The van der Waals surface area contributed by atoms with Crippen molar-refractivity contribution in [2.75, 3.05) is 14.2 Å². The van der Waals surface area contributed by atoms with Gasteiger partial charge in [0.15, 0.2) is 0 Å². The molecule has 0 saturated heterocycles. The maximum Gasteiger partial charge on any atom is 0.409 e. The molecule has 0 aromatic heterocycles. The molecular weight excluding hydrogens is 277 g/mol. The maximum atomic E-state index is 12.2. The van der Waals surface area contributed by atoms with Gasteiger partial charge in [0.1, 0.15) is 5.60 Å². The zero-order valence-electron chi connectivity index (χ0n) is 11.8. The monoisotopic (exact) mass is 297 g/mol. The Kier molecular flexibility index (Phi) is 5.55. The summed E-state index contributed by atoms with van der Waals surface area (Å²) in [5.41, 5.74) is -0.826. The van der Waals surface area contributed by atoms with Gasteiger partial charge < -0.3 is 18.9 Å². The van der Waals surface area contributed by atoms with Crippen molar-refractivity contribution in [2.45, 2.75) is 38.6 Å². The van der Waals surface area contributed by atoms with E-state index in [9.17, 15) is 19.3 Å². The molecule has 0 fully saturated rings. The van der Waals surface area contributed by atoms with Crippen LogP contribution in [-0.4, -0.2) is 42.3 Å². The number of carbonyl (C=O) groups excluding carboxylic acids is 1. The van der Waals surface area contributed by atoms with E-state index in [2.05, 4.69) is 9.05 Å². The third-order valence-electron chi connectivity index (χ3n) is 2.19. The summed E-state index contributed by atoms with van der Waals surface area (Å²) < 4.78 is 26.4. The first-order valence-electron chi connectivity index (χ1n) is 5.38. The Morgan fingerprint density at radius 1 is 1.11 bits per heavy atom. The van der Waals surface area contributed by atoms with Gasteiger partial charge in [-0.25, -0.2) is 9.59 Å². The number of amides is 1. The summed E-state index contributed by atoms with van der Waals surface area (Å²) in [5, 5.41) is 8.94. The maximum absolute atomic E-state index is 12.2. The summed E-state index contributed by atoms with van der Waals surface area (Å²) in [6.45, 7) is 5.85. The highest BCUT2D eigenvalue weighted by Crippen LogP contribution is 2.57. The van der Waals surface area contributed by atoms with E-state index in [4.69, 9.17) is 4.74 Å². The number of hydrogen-bond acceptors (Lipinski definition) is 6. The fourth-order valence-electron chi connectivity index (χ4n) is 1.18. The summed E-state index contributed by atoms with van der Waals surface area (Å²) in [6.07, 6.45) is -1.04. The molecule has 112 valence electrons. The fraction of sp³-hybridized carbons (Fsp3) is 0.800. The lowest BCUT2D eigenvalue weighted by atomic mass is 10.2. The normalized spacial score (nSPS) is 15.5. The van der Waals surface area contributed by atoms with Crippen LogP contribution in [0.25, 0.3) is 0 Å². The highest BCUT2D eigenvalue weighted by atomic mass is 31.2. The SMILES string of the molecule is COP(=O)(OC)C(C)(NC(=O)OC(C)(C)C)C(=O)O. The van der Waals surface area contributed by atoms with Crippen LogP contribution in [0.1, 0.15) is 27.7 Å². The van der Waals surface area contributed by atoms with Gasteiger partial charge in [0.2, 0.25) is 5.28 Å². The topological polar surface area (TPSA) is 111 Å². The van der Waals surface area contributed by atoms with E-state index in [-0.39, 0.29) is 0 Å². The van der Waals surface area contributed by atoms with Crippen molar-refractivity contribution < 1.29 is 33.0 Å². The number of aliphatic carboxylic acids is 1. The number of nitrogens with one attached hydrogen (secondary N) is 1. The van der Waals surface area contributed by atoms with Crippen LogP contribution in [0.5, 0.6) is 0 Å². The Morgan fingerprint density at radius 3 is 1.79 bits per heavy atom. The number of alkyl carbamates (subject to hydrolysis) is 1. The molecule has 1 atom stereocenters. The first-order chi connectivity index (χ1) is 8.42. The Hall–Kier alpha value is -1.11. The molecule has 0 aliphatic rings. The molecule has 0 saturated carbocycles. The van der Waals surface area contributed by atoms with E-state index in [0.29, 0.717) is 0 Å². The van der Waals surface area contributed by atoms with E-state index >= 15 is 0 Å². The predicted molar refractivity (Wildman–Crippen MR) is 67.0 cm³/mol. The minimum Gasteiger partial charge on any atom is -0.479 e. The van der Waals surface area contributed by atoms with Crippen LogP contribution >= 0.6 is 7.60 Å². The molecule has 0 aromatic rings. The fourth-order valence-corrected chi connectivity index (χ4v) is 2.52. The Labute approximate surface area is 111 Å². The molecule has 0 heterocycles. The van der Waals surface area contributed by atoms with Crippen molar-refractivity contribution in [3.63, 3.8) is 0 Å². The zero-order chi connectivity index (χ0) is 15.5. The Morgan fingerprint density at radius 2 is 1.53 bits per heavy atom. The molecule has 0 bridgehead atoms. The van der Waals surface area contributed by atoms with Crippen molar-refractivity contribution in [3.8, 4) is 0 Å². The van der Waals surface area contributed by atoms with Gasteiger partial charge in [0, 0.05) is 14.2 Å². The molecule has 1 unspecified atom stereocenters. The molecule has 0 aliphatic carbocycles. The minimum atomic E-state index is -4.09. The van der Waals surface area contributed by atoms with Crippen molar-refractivity contribution in [1.29, 1.82) is 0 Å². The lowest BCUT2D eigenvalue weighted by Gasteiger charge is -2.32. The van der Waals surface area contributed by atoms with Gasteiger partial charge in [0.05, 0.1) is 0 Å². The molecular formula is C10H20NO7P. The molecule has 0 aliphatic heterocycles. The minimum absolute atomic E-state index is 0.826. The van der Waals surface area contributed by atoms with Crippen molar-refractivity contribution in [3.05, 3.63) is 0 Å². The molecule has 0 rings (SSSR count). The van der Waals surface area contributed by atoms with Crippen molar-refractivity contribution in [2.24, 2.45) is 0 Å². The lowest BCUT2D eigenvalue weighted by molar-refractivity contribution is -0.141. The summed E-state index contributed by atoms with van der Waals surface area (Å²) in [4.78, 5) is 22.9. The smallest absolute Gasteiger partial charge is 0.409 e. The zero-order valence-corrected chi connectivity index (χ0v) is 12.7. The van der Waals surface area contributed by atoms with Gasteiger partial charge in [-0.15, -0.1) is 0 Å². The van der Waals surface area contributed by atoms with E-state index in [0.717, 1.165) is 21.1 Å². The van der Waals surface area contributed by atoms with Gasteiger partial charge in [0.25, 0.3) is 0 Å². The Balaban J connectivity index is 5.30. The van der Waals surface area contributed by atoms with Gasteiger partial charge in [-0.1, -0.05) is 0 Å². The summed E-state index contributed by atoms with van der Waals surface area (Å²) in [5.74, 6) is -1.56. The number of ether oxygens (including phenoxy) is 1. The lowest BCUT2D eigenvalue weighted by Crippen LogP contribution is -2.53. The van der Waals surface area contributed by atoms with Crippen molar-refractivity contribution in [1.82, 2.24) is 5.32 Å². The first-order valence-corrected chi connectivity index (χ1v) is 6.92. The largest absolute Gasteiger partial charge is 0.479 e. The first kappa shape index (κ1) is 17.9. The quantitative estimate of drug-likeness (QED) is 0.744. The summed E-state index contributed by atoms with van der Waals surface area (Å²) in [6, 6.07) is 0. The Bertz CT molecular complexity index is 395. The van der Waals surface area contributed by atoms with E-state index in [1.165, 1.54) is 0 Å². The average Bonchev–Trinajstić information content (AvgIpc) is 2.24. The predicted octanol–water partition coefficient (Wildman–Crippen LogP) is 1.80. The number of rotatable bonds is 5. The highest BCUT2D eigenvalue weighted by Gasteiger charge is 2.54. The van der Waals surface area contributed by atoms with Gasteiger partial charge in [-0.2, -0.15) is 0 Å². The number of carboxylic acid groups (broad SMARTS) is 1. The van der Waals surface area contributed by atoms with Crippen LogP contribution in [0.4, 0.5) is 4.79 Å². The highest BCUT2D eigenvalue weighted by molar-refractivity contribution is 7.56. The second-order valence-corrected chi connectivity index (χ2v) is 7.49. The number of carbonyl (C=O) groups is 2. The van der Waals surface area contributed by atoms with E-state index in [1.807, 2.05) is 5.32 Å². The van der Waals surface area contributed by atoms with Crippen LogP contribution in [0.15, 0.2) is 0 Å². The van der Waals surface area contributed by atoms with E-state index in [1.54, 1.807) is 20.8 Å². The molecule has 0 spiro atoms. The van der Waals surface area contributed by atoms with Gasteiger partial charge in [-0.05, 0) is 27.7 Å². The third kappa shape index (κ3) is 4.19. The standard InChI is InChI=1S/C10H20NO7P/c1-9(2,3)18-8(14)11-10(4,7(12)13)19(15,16-5)17-6/h1-6H3,(H,11,14)(H,12,13). The van der Waals surface area contributed by atoms with Gasteiger partial charge in [-0.3, -0.25) is 9.88 Å². The molecule has 0 radical (unpaired) electrons. The summed E-state index contributed by atoms with van der Waals surface area (Å²) >= 11 is 0. The average molecular weight is 297 g/mol. The van der Waals surface area contributed by atoms with Gasteiger partial charge >= 0.3 is 19.7 Å². The van der Waals surface area contributed by atoms with Crippen LogP contribution in [0, 0.1) is 0 Å². The van der Waals surface area contributed by atoms with Crippen LogP contribution in [-0.2, 0) is 23.1 Å². The molecule has 0 aromatic carbocycles. The molecule has 2 N–H and O–H groups in total. The number of carboxylic acids is 1. The van der Waals surface area contributed by atoms with Crippen LogP contribution in [0.3, 0.4) is 0 Å². The second-order valence-electron chi connectivity index (χ2n) is 4.87. The number of hydrogen-bond donors (Lipinski definition) is 2. The third-order valence-corrected chi connectivity index (χ3v) is 4.55. The summed E-state index contributed by atoms with van der Waals surface area (Å²) in [7, 11) is -2.03. The van der Waals surface area contributed by atoms with Crippen LogP contribution < -0.4 is 5.32 Å².